The van der Waals surface area contributed by atoms with Gasteiger partial charge in [-0.3, -0.25) is 9.69 Å². The molecule has 0 N–H and O–H groups in total. The summed E-state index contributed by atoms with van der Waals surface area (Å²) in [6, 6.07) is 8.72. The van der Waals surface area contributed by atoms with Gasteiger partial charge in [0.15, 0.2) is 0 Å². The topological polar surface area (TPSA) is 30.0 Å². The predicted molar refractivity (Wildman–Crippen MR) is 120 cm³/mol. The SMILES string of the molecule is CCN1CCN(CC(=O)N(C)C[C@@H]2CCCN(CCc3ccccc3C)C2)CC1. The highest BCUT2D eigenvalue weighted by Gasteiger charge is 2.24. The molecule has 29 heavy (non-hydrogen) atoms. The normalized spacial score (nSPS) is 22.0. The molecule has 1 aromatic rings. The zero-order valence-electron chi connectivity index (χ0n) is 18.8. The first-order valence-corrected chi connectivity index (χ1v) is 11.5. The molecule has 2 aliphatic rings. The van der Waals surface area contributed by atoms with Crippen LogP contribution in [-0.2, 0) is 11.2 Å². The smallest absolute Gasteiger partial charge is 0.236 e. The van der Waals surface area contributed by atoms with Crippen LogP contribution in [0.5, 0.6) is 0 Å². The van der Waals surface area contributed by atoms with E-state index in [2.05, 4.69) is 52.8 Å². The summed E-state index contributed by atoms with van der Waals surface area (Å²) in [6.07, 6.45) is 3.62. The number of benzene rings is 1. The van der Waals surface area contributed by atoms with Crippen LogP contribution in [-0.4, -0.2) is 98.0 Å². The maximum Gasteiger partial charge on any atom is 0.236 e. The molecule has 0 saturated carbocycles. The predicted octanol–water partition coefficient (Wildman–Crippen LogP) is 2.35. The molecule has 1 amide bonds. The summed E-state index contributed by atoms with van der Waals surface area (Å²) in [5.41, 5.74) is 2.86. The summed E-state index contributed by atoms with van der Waals surface area (Å²) in [5, 5.41) is 0. The molecule has 1 atom stereocenters. The van der Waals surface area contributed by atoms with Crippen LogP contribution in [0.15, 0.2) is 24.3 Å². The minimum Gasteiger partial charge on any atom is -0.344 e. The van der Waals surface area contributed by atoms with Crippen LogP contribution in [0.1, 0.15) is 30.9 Å². The van der Waals surface area contributed by atoms with Crippen molar-refractivity contribution in [1.82, 2.24) is 19.6 Å². The molecule has 5 heteroatoms. The van der Waals surface area contributed by atoms with Crippen molar-refractivity contribution in [2.75, 3.05) is 72.5 Å². The van der Waals surface area contributed by atoms with Crippen molar-refractivity contribution in [3.8, 4) is 0 Å². The molecule has 0 spiro atoms. The Bertz CT molecular complexity index is 642. The maximum atomic E-state index is 12.7. The quantitative estimate of drug-likeness (QED) is 0.670. The molecule has 0 unspecified atom stereocenters. The molecule has 0 radical (unpaired) electrons. The third-order valence-electron chi connectivity index (χ3n) is 6.79. The van der Waals surface area contributed by atoms with Crippen molar-refractivity contribution in [2.45, 2.75) is 33.1 Å². The number of amides is 1. The zero-order valence-corrected chi connectivity index (χ0v) is 18.8. The van der Waals surface area contributed by atoms with Crippen molar-refractivity contribution in [1.29, 1.82) is 0 Å². The molecule has 1 aromatic carbocycles. The molecule has 3 rings (SSSR count). The summed E-state index contributed by atoms with van der Waals surface area (Å²) in [6.45, 7) is 14.7. The van der Waals surface area contributed by atoms with Crippen molar-refractivity contribution in [3.63, 3.8) is 0 Å². The average Bonchev–Trinajstić information content (AvgIpc) is 2.74. The lowest BCUT2D eigenvalue weighted by atomic mass is 9.96. The summed E-state index contributed by atoms with van der Waals surface area (Å²) in [7, 11) is 2.00. The van der Waals surface area contributed by atoms with Crippen molar-refractivity contribution >= 4 is 5.91 Å². The molecule has 5 nitrogen and oxygen atoms in total. The lowest BCUT2D eigenvalue weighted by Gasteiger charge is -2.36. The number of aryl methyl sites for hydroxylation is 1. The highest BCUT2D eigenvalue weighted by Crippen LogP contribution is 2.18. The second kappa shape index (κ2) is 11.1. The molecular formula is C24H40N4O. The summed E-state index contributed by atoms with van der Waals surface area (Å²) < 4.78 is 0. The standard InChI is InChI=1S/C24H40N4O/c1-4-26-14-16-28(17-15-26)20-24(29)25(3)18-22-9-7-12-27(19-22)13-11-23-10-6-5-8-21(23)2/h5-6,8,10,22H,4,7,9,11-20H2,1-3H3/t22-/m0/s1. The van der Waals surface area contributed by atoms with Gasteiger partial charge in [0.1, 0.15) is 0 Å². The Morgan fingerprint density at radius 3 is 2.52 bits per heavy atom. The number of likely N-dealkylation sites (N-methyl/N-ethyl adjacent to an activating group) is 2. The third-order valence-corrected chi connectivity index (χ3v) is 6.79. The Labute approximate surface area is 177 Å². The number of carbonyl (C=O) groups excluding carboxylic acids is 1. The second-order valence-corrected chi connectivity index (χ2v) is 8.97. The van der Waals surface area contributed by atoms with E-state index >= 15 is 0 Å². The van der Waals surface area contributed by atoms with Gasteiger partial charge in [-0.25, -0.2) is 0 Å². The summed E-state index contributed by atoms with van der Waals surface area (Å²) >= 11 is 0. The van der Waals surface area contributed by atoms with Crippen LogP contribution in [0, 0.1) is 12.8 Å². The number of rotatable bonds is 8. The molecule has 2 fully saturated rings. The van der Waals surface area contributed by atoms with E-state index in [0.29, 0.717) is 12.5 Å². The van der Waals surface area contributed by atoms with Gasteiger partial charge in [0.05, 0.1) is 6.54 Å². The van der Waals surface area contributed by atoms with Crippen LogP contribution in [0.4, 0.5) is 0 Å². The minimum atomic E-state index is 0.284. The Morgan fingerprint density at radius 2 is 1.79 bits per heavy atom. The fourth-order valence-corrected chi connectivity index (χ4v) is 4.74. The Kier molecular flexibility index (Phi) is 8.52. The van der Waals surface area contributed by atoms with Crippen LogP contribution >= 0.6 is 0 Å². The average molecular weight is 401 g/mol. The maximum absolute atomic E-state index is 12.7. The van der Waals surface area contributed by atoms with Gasteiger partial charge in [0.2, 0.25) is 5.91 Å². The van der Waals surface area contributed by atoms with Gasteiger partial charge < -0.3 is 14.7 Å². The van der Waals surface area contributed by atoms with Gasteiger partial charge in [0.25, 0.3) is 0 Å². The number of likely N-dealkylation sites (tertiary alicyclic amines) is 1. The van der Waals surface area contributed by atoms with Crippen molar-refractivity contribution in [2.24, 2.45) is 5.92 Å². The van der Waals surface area contributed by atoms with E-state index in [9.17, 15) is 4.79 Å². The molecule has 162 valence electrons. The summed E-state index contributed by atoms with van der Waals surface area (Å²) in [5.74, 6) is 0.887. The minimum absolute atomic E-state index is 0.284. The highest BCUT2D eigenvalue weighted by molar-refractivity contribution is 5.78. The fraction of sp³-hybridized carbons (Fsp3) is 0.708. The first kappa shape index (κ1) is 22.3. The van der Waals surface area contributed by atoms with Gasteiger partial charge in [-0.2, -0.15) is 0 Å². The van der Waals surface area contributed by atoms with E-state index in [1.165, 1.54) is 30.5 Å². The van der Waals surface area contributed by atoms with Gasteiger partial charge in [-0.05, 0) is 56.3 Å². The van der Waals surface area contributed by atoms with E-state index in [4.69, 9.17) is 0 Å². The van der Waals surface area contributed by atoms with Crippen LogP contribution in [0.3, 0.4) is 0 Å². The highest BCUT2D eigenvalue weighted by atomic mass is 16.2. The van der Waals surface area contributed by atoms with Crippen molar-refractivity contribution < 1.29 is 4.79 Å². The molecule has 0 aromatic heterocycles. The number of hydrogen-bond acceptors (Lipinski definition) is 4. The second-order valence-electron chi connectivity index (χ2n) is 8.97. The number of carbonyl (C=O) groups is 1. The Morgan fingerprint density at radius 1 is 1.07 bits per heavy atom. The molecule has 0 aliphatic carbocycles. The first-order valence-electron chi connectivity index (χ1n) is 11.5. The number of hydrogen-bond donors (Lipinski definition) is 0. The van der Waals surface area contributed by atoms with Gasteiger partial charge >= 0.3 is 0 Å². The molecular weight excluding hydrogens is 360 g/mol. The molecule has 2 saturated heterocycles. The van der Waals surface area contributed by atoms with E-state index in [1.807, 2.05) is 11.9 Å². The van der Waals surface area contributed by atoms with E-state index < -0.39 is 0 Å². The lowest BCUT2D eigenvalue weighted by Crippen LogP contribution is -2.50. The van der Waals surface area contributed by atoms with E-state index in [0.717, 1.165) is 58.8 Å². The summed E-state index contributed by atoms with van der Waals surface area (Å²) in [4.78, 5) is 22.1. The van der Waals surface area contributed by atoms with Gasteiger partial charge in [0, 0.05) is 52.9 Å². The Hall–Kier alpha value is -1.43. The fourth-order valence-electron chi connectivity index (χ4n) is 4.74. The van der Waals surface area contributed by atoms with E-state index in [-0.39, 0.29) is 5.91 Å². The van der Waals surface area contributed by atoms with Crippen LogP contribution in [0.2, 0.25) is 0 Å². The largest absolute Gasteiger partial charge is 0.344 e. The molecule has 2 aliphatic heterocycles. The lowest BCUT2D eigenvalue weighted by molar-refractivity contribution is -0.132. The van der Waals surface area contributed by atoms with Gasteiger partial charge in [-0.15, -0.1) is 0 Å². The molecule has 0 bridgehead atoms. The molecule has 2 heterocycles. The number of piperidine rings is 1. The van der Waals surface area contributed by atoms with Crippen LogP contribution in [0.25, 0.3) is 0 Å². The Balaban J connectivity index is 1.40. The number of nitrogens with zero attached hydrogens (tertiary/aromatic N) is 4. The first-order chi connectivity index (χ1) is 14.0. The zero-order chi connectivity index (χ0) is 20.6. The number of piperazine rings is 1. The van der Waals surface area contributed by atoms with Crippen molar-refractivity contribution in [3.05, 3.63) is 35.4 Å². The van der Waals surface area contributed by atoms with E-state index in [1.54, 1.807) is 0 Å². The third kappa shape index (κ3) is 6.80. The monoisotopic (exact) mass is 400 g/mol. The van der Waals surface area contributed by atoms with Gasteiger partial charge in [-0.1, -0.05) is 31.2 Å². The van der Waals surface area contributed by atoms with Crippen LogP contribution < -0.4 is 0 Å².